The minimum atomic E-state index is -0.983. The topological polar surface area (TPSA) is 88.5 Å². The molecule has 1 aromatic carbocycles. The third kappa shape index (κ3) is 3.49. The molecule has 2 aliphatic carbocycles. The summed E-state index contributed by atoms with van der Waals surface area (Å²) in [5.41, 5.74) is 2.11. The summed E-state index contributed by atoms with van der Waals surface area (Å²) in [6.45, 7) is 0. The fourth-order valence-electron chi connectivity index (χ4n) is 3.27. The third-order valence-electron chi connectivity index (χ3n) is 5.15. The molecule has 0 spiro atoms. The number of carbonyl (C=O) groups excluding carboxylic acids is 1. The van der Waals surface area contributed by atoms with E-state index >= 15 is 0 Å². The molecule has 1 atom stereocenters. The van der Waals surface area contributed by atoms with Crippen LogP contribution in [0.1, 0.15) is 54.1 Å². The number of rotatable bonds is 7. The van der Waals surface area contributed by atoms with E-state index in [1.165, 1.54) is 0 Å². The highest BCUT2D eigenvalue weighted by Gasteiger charge is 2.31. The van der Waals surface area contributed by atoms with Crippen LogP contribution in [0.25, 0.3) is 10.9 Å². The van der Waals surface area contributed by atoms with Crippen molar-refractivity contribution >= 4 is 22.8 Å². The largest absolute Gasteiger partial charge is 0.497 e. The van der Waals surface area contributed by atoms with Gasteiger partial charge >= 0.3 is 5.97 Å². The maximum atomic E-state index is 12.9. The highest BCUT2D eigenvalue weighted by atomic mass is 16.5. The Balaban J connectivity index is 1.70. The van der Waals surface area contributed by atoms with Gasteiger partial charge in [0.25, 0.3) is 5.91 Å². The summed E-state index contributed by atoms with van der Waals surface area (Å²) in [6, 6.07) is 6.40. The fourth-order valence-corrected chi connectivity index (χ4v) is 3.27. The smallest absolute Gasteiger partial charge is 0.326 e. The zero-order valence-corrected chi connectivity index (χ0v) is 14.7. The zero-order chi connectivity index (χ0) is 18.3. The van der Waals surface area contributed by atoms with E-state index in [-0.39, 0.29) is 5.91 Å². The lowest BCUT2D eigenvalue weighted by Gasteiger charge is -2.16. The van der Waals surface area contributed by atoms with Crippen molar-refractivity contribution in [2.45, 2.75) is 44.1 Å². The van der Waals surface area contributed by atoms with Gasteiger partial charge in [-0.2, -0.15) is 0 Å². The van der Waals surface area contributed by atoms with Crippen LogP contribution >= 0.6 is 0 Å². The molecule has 2 aliphatic rings. The predicted octanol–water partition coefficient (Wildman–Crippen LogP) is 3.10. The molecule has 0 radical (unpaired) electrons. The van der Waals surface area contributed by atoms with E-state index in [2.05, 4.69) is 10.3 Å². The SMILES string of the molecule is COc1ccc2nc(C3CC3)cc(C(=O)NC(CC3CC3)C(=O)O)c2c1. The maximum Gasteiger partial charge on any atom is 0.326 e. The Kier molecular flexibility index (Phi) is 4.26. The van der Waals surface area contributed by atoms with Crippen LogP contribution in [0, 0.1) is 5.92 Å². The molecule has 0 bridgehead atoms. The highest BCUT2D eigenvalue weighted by Crippen LogP contribution is 2.40. The number of carboxylic acid groups (broad SMARTS) is 1. The van der Waals surface area contributed by atoms with Crippen molar-refractivity contribution in [1.82, 2.24) is 10.3 Å². The van der Waals surface area contributed by atoms with Crippen molar-refractivity contribution in [1.29, 1.82) is 0 Å². The van der Waals surface area contributed by atoms with Crippen molar-refractivity contribution in [3.63, 3.8) is 0 Å². The van der Waals surface area contributed by atoms with E-state index in [1.807, 2.05) is 18.2 Å². The minimum absolute atomic E-state index is 0.361. The lowest BCUT2D eigenvalue weighted by Crippen LogP contribution is -2.41. The van der Waals surface area contributed by atoms with Gasteiger partial charge in [-0.15, -0.1) is 0 Å². The predicted molar refractivity (Wildman–Crippen MR) is 96.5 cm³/mol. The molecule has 2 fully saturated rings. The first kappa shape index (κ1) is 16.8. The minimum Gasteiger partial charge on any atom is -0.497 e. The normalized spacial score (nSPS) is 17.7. The van der Waals surface area contributed by atoms with Crippen molar-refractivity contribution in [3.05, 3.63) is 35.5 Å². The molecule has 26 heavy (non-hydrogen) atoms. The molecule has 0 saturated heterocycles. The Morgan fingerprint density at radius 2 is 2.04 bits per heavy atom. The van der Waals surface area contributed by atoms with Crippen molar-refractivity contribution in [3.8, 4) is 5.75 Å². The lowest BCUT2D eigenvalue weighted by molar-refractivity contribution is -0.139. The van der Waals surface area contributed by atoms with Crippen LogP contribution in [-0.4, -0.2) is 35.1 Å². The number of hydrogen-bond acceptors (Lipinski definition) is 4. The number of aromatic nitrogens is 1. The number of nitrogens with one attached hydrogen (secondary N) is 1. The molecule has 1 amide bonds. The van der Waals surface area contributed by atoms with Crippen molar-refractivity contribution < 1.29 is 19.4 Å². The molecular formula is C20H22N2O4. The van der Waals surface area contributed by atoms with Gasteiger partial charge in [0.1, 0.15) is 11.8 Å². The van der Waals surface area contributed by atoms with Gasteiger partial charge in [0.05, 0.1) is 18.2 Å². The summed E-state index contributed by atoms with van der Waals surface area (Å²) in [5, 5.41) is 12.8. The number of nitrogens with zero attached hydrogens (tertiary/aromatic N) is 1. The lowest BCUT2D eigenvalue weighted by atomic mass is 10.0. The first-order valence-corrected chi connectivity index (χ1v) is 9.07. The molecule has 1 unspecified atom stereocenters. The average molecular weight is 354 g/mol. The highest BCUT2D eigenvalue weighted by molar-refractivity contribution is 6.07. The van der Waals surface area contributed by atoms with Crippen LogP contribution in [-0.2, 0) is 4.79 Å². The number of ether oxygens (including phenoxy) is 1. The number of pyridine rings is 1. The standard InChI is InChI=1S/C20H22N2O4/c1-26-13-6-7-16-14(9-13)15(10-17(21-16)12-4-5-12)19(23)22-18(20(24)25)8-11-2-3-11/h6-7,9-12,18H,2-5,8H2,1H3,(H,22,23)(H,24,25). The molecule has 1 aromatic heterocycles. The van der Waals surface area contributed by atoms with E-state index < -0.39 is 12.0 Å². The van der Waals surface area contributed by atoms with E-state index in [1.54, 1.807) is 13.2 Å². The molecule has 2 aromatic rings. The summed E-state index contributed by atoms with van der Waals surface area (Å²) in [7, 11) is 1.57. The van der Waals surface area contributed by atoms with Gasteiger partial charge in [-0.1, -0.05) is 12.8 Å². The monoisotopic (exact) mass is 354 g/mol. The molecular weight excluding hydrogens is 332 g/mol. The summed E-state index contributed by atoms with van der Waals surface area (Å²) in [4.78, 5) is 29.1. The Morgan fingerprint density at radius 3 is 2.65 bits per heavy atom. The number of benzene rings is 1. The Hall–Kier alpha value is -2.63. The van der Waals surface area contributed by atoms with Gasteiger partial charge in [0.15, 0.2) is 0 Å². The summed E-state index contributed by atoms with van der Waals surface area (Å²) in [5.74, 6) is 0.104. The van der Waals surface area contributed by atoms with Gasteiger partial charge in [0, 0.05) is 17.0 Å². The number of carbonyl (C=O) groups is 2. The van der Waals surface area contributed by atoms with Crippen LogP contribution < -0.4 is 10.1 Å². The average Bonchev–Trinajstić information content (AvgIpc) is 3.53. The van der Waals surface area contributed by atoms with Gasteiger partial charge in [-0.25, -0.2) is 4.79 Å². The summed E-state index contributed by atoms with van der Waals surface area (Å²) < 4.78 is 5.27. The molecule has 1 heterocycles. The second-order valence-corrected chi connectivity index (χ2v) is 7.30. The Bertz CT molecular complexity index is 871. The van der Waals surface area contributed by atoms with Crippen LogP contribution in [0.4, 0.5) is 0 Å². The number of carboxylic acids is 1. The van der Waals surface area contributed by atoms with Gasteiger partial charge in [-0.05, 0) is 49.4 Å². The second-order valence-electron chi connectivity index (χ2n) is 7.30. The van der Waals surface area contributed by atoms with Gasteiger partial charge in [0.2, 0.25) is 0 Å². The first-order chi connectivity index (χ1) is 12.5. The van der Waals surface area contributed by atoms with Crippen LogP contribution in [0.2, 0.25) is 0 Å². The number of aliphatic carboxylic acids is 1. The molecule has 4 rings (SSSR count). The van der Waals surface area contributed by atoms with E-state index in [0.717, 1.165) is 36.9 Å². The molecule has 136 valence electrons. The van der Waals surface area contributed by atoms with E-state index in [0.29, 0.717) is 35.0 Å². The van der Waals surface area contributed by atoms with Crippen molar-refractivity contribution in [2.75, 3.05) is 7.11 Å². The van der Waals surface area contributed by atoms with Crippen LogP contribution in [0.5, 0.6) is 5.75 Å². The second kappa shape index (κ2) is 6.59. The summed E-state index contributed by atoms with van der Waals surface area (Å²) >= 11 is 0. The quantitative estimate of drug-likeness (QED) is 0.797. The maximum absolute atomic E-state index is 12.9. The molecule has 2 N–H and O–H groups in total. The number of fused-ring (bicyclic) bond motifs is 1. The molecule has 6 heteroatoms. The van der Waals surface area contributed by atoms with Crippen LogP contribution in [0.15, 0.2) is 24.3 Å². The van der Waals surface area contributed by atoms with E-state index in [4.69, 9.17) is 4.74 Å². The van der Waals surface area contributed by atoms with E-state index in [9.17, 15) is 14.7 Å². The van der Waals surface area contributed by atoms with Gasteiger partial charge in [-0.3, -0.25) is 9.78 Å². The molecule has 6 nitrogen and oxygen atoms in total. The number of amides is 1. The van der Waals surface area contributed by atoms with Crippen LogP contribution in [0.3, 0.4) is 0 Å². The zero-order valence-electron chi connectivity index (χ0n) is 14.7. The molecule has 0 aliphatic heterocycles. The summed E-state index contributed by atoms with van der Waals surface area (Å²) in [6.07, 6.45) is 4.73. The van der Waals surface area contributed by atoms with Gasteiger partial charge < -0.3 is 15.2 Å². The fraction of sp³-hybridized carbons (Fsp3) is 0.450. The molecule has 2 saturated carbocycles. The number of hydrogen-bond donors (Lipinski definition) is 2. The Labute approximate surface area is 151 Å². The third-order valence-corrected chi connectivity index (χ3v) is 5.15. The van der Waals surface area contributed by atoms with Crippen molar-refractivity contribution in [2.24, 2.45) is 5.92 Å². The number of methoxy groups -OCH3 is 1. The Morgan fingerprint density at radius 1 is 1.27 bits per heavy atom. The first-order valence-electron chi connectivity index (χ1n) is 9.07.